The number of piperazine rings is 1. The van der Waals surface area contributed by atoms with Gasteiger partial charge in [-0.05, 0) is 25.0 Å². The molecule has 0 aliphatic carbocycles. The Morgan fingerprint density at radius 3 is 2.63 bits per heavy atom. The van der Waals surface area contributed by atoms with E-state index in [1.54, 1.807) is 7.11 Å². The van der Waals surface area contributed by atoms with Gasteiger partial charge in [-0.3, -0.25) is 19.5 Å². The molecule has 11 heteroatoms. The molecule has 35 heavy (non-hydrogen) atoms. The van der Waals surface area contributed by atoms with Crippen LogP contribution in [0, 0.1) is 6.92 Å². The van der Waals surface area contributed by atoms with Crippen molar-refractivity contribution >= 4 is 22.8 Å². The van der Waals surface area contributed by atoms with Crippen LogP contribution in [0.3, 0.4) is 0 Å². The standard InChI is InChI=1S/C24H37N9O2/c1-4-5-6-26-23-22-21(28-24(25)29-23)17(2)30-33(22)16-19-20(35-3)13-18(14-27-19)15-32-9-7-31(8-10-32)11-12-34/h13-14,34H,4-12,15-16H2,1-3H3,(H3,25,26,28,29). The number of nitrogens with one attached hydrogen (secondary N) is 1. The summed E-state index contributed by atoms with van der Waals surface area (Å²) in [4.78, 5) is 18.3. The highest BCUT2D eigenvalue weighted by atomic mass is 16.5. The molecule has 190 valence electrons. The number of aryl methyl sites for hydroxylation is 1. The number of anilines is 2. The Morgan fingerprint density at radius 1 is 1.14 bits per heavy atom. The van der Waals surface area contributed by atoms with Gasteiger partial charge in [-0.2, -0.15) is 10.1 Å². The van der Waals surface area contributed by atoms with Gasteiger partial charge in [-0.1, -0.05) is 13.3 Å². The van der Waals surface area contributed by atoms with Crippen LogP contribution in [0.1, 0.15) is 36.7 Å². The number of pyridine rings is 1. The summed E-state index contributed by atoms with van der Waals surface area (Å²) in [5.74, 6) is 1.66. The van der Waals surface area contributed by atoms with Gasteiger partial charge in [-0.25, -0.2) is 4.98 Å². The van der Waals surface area contributed by atoms with E-state index in [-0.39, 0.29) is 12.6 Å². The highest BCUT2D eigenvalue weighted by Crippen LogP contribution is 2.27. The summed E-state index contributed by atoms with van der Waals surface area (Å²) in [6.45, 7) is 11.0. The number of aliphatic hydroxyl groups excluding tert-OH is 1. The minimum atomic E-state index is 0.212. The van der Waals surface area contributed by atoms with E-state index >= 15 is 0 Å². The molecule has 0 atom stereocenters. The Balaban J connectivity index is 1.53. The Labute approximate surface area is 206 Å². The number of nitrogens with zero attached hydrogens (tertiary/aromatic N) is 7. The first-order valence-electron chi connectivity index (χ1n) is 12.3. The number of nitrogens with two attached hydrogens (primary N) is 1. The maximum absolute atomic E-state index is 9.14. The zero-order valence-corrected chi connectivity index (χ0v) is 21.0. The summed E-state index contributed by atoms with van der Waals surface area (Å²) < 4.78 is 7.60. The summed E-state index contributed by atoms with van der Waals surface area (Å²) in [6.07, 6.45) is 4.04. The van der Waals surface area contributed by atoms with Crippen LogP contribution in [0.5, 0.6) is 5.75 Å². The number of aliphatic hydroxyl groups is 1. The second kappa shape index (κ2) is 11.6. The van der Waals surface area contributed by atoms with Crippen molar-refractivity contribution < 1.29 is 9.84 Å². The maximum atomic E-state index is 9.14. The molecule has 0 saturated carbocycles. The Kier molecular flexibility index (Phi) is 8.32. The van der Waals surface area contributed by atoms with Gasteiger partial charge in [0.2, 0.25) is 5.95 Å². The number of fused-ring (bicyclic) bond motifs is 1. The van der Waals surface area contributed by atoms with Crippen LogP contribution in [0.4, 0.5) is 11.8 Å². The molecule has 0 radical (unpaired) electrons. The van der Waals surface area contributed by atoms with Gasteiger partial charge in [0.25, 0.3) is 0 Å². The SMILES string of the molecule is CCCCNc1nc(N)nc2c(C)nn(Cc3ncc(CN4CCN(CCO)CC4)cc3OC)c12. The average Bonchev–Trinajstić information content (AvgIpc) is 3.16. The predicted molar refractivity (Wildman–Crippen MR) is 137 cm³/mol. The second-order valence-electron chi connectivity index (χ2n) is 8.98. The van der Waals surface area contributed by atoms with Crippen LogP contribution in [0.25, 0.3) is 11.0 Å². The summed E-state index contributed by atoms with van der Waals surface area (Å²) >= 11 is 0. The van der Waals surface area contributed by atoms with Crippen molar-refractivity contribution in [3.05, 3.63) is 29.2 Å². The molecule has 1 aliphatic rings. The monoisotopic (exact) mass is 483 g/mol. The molecule has 3 aromatic heterocycles. The number of hydrogen-bond donors (Lipinski definition) is 3. The quantitative estimate of drug-likeness (QED) is 0.345. The van der Waals surface area contributed by atoms with Crippen LogP contribution in [0.15, 0.2) is 12.3 Å². The number of methoxy groups -OCH3 is 1. The summed E-state index contributed by atoms with van der Waals surface area (Å²) in [6, 6.07) is 2.07. The molecule has 3 aromatic rings. The molecular formula is C24H37N9O2. The number of unbranched alkanes of at least 4 members (excludes halogenated alkanes) is 1. The predicted octanol–water partition coefficient (Wildman–Crippen LogP) is 1.49. The van der Waals surface area contributed by atoms with Crippen molar-refractivity contribution in [2.75, 3.05) is 64.0 Å². The zero-order chi connectivity index (χ0) is 24.8. The molecule has 11 nitrogen and oxygen atoms in total. The lowest BCUT2D eigenvalue weighted by Gasteiger charge is -2.34. The van der Waals surface area contributed by atoms with E-state index in [2.05, 4.69) is 38.1 Å². The van der Waals surface area contributed by atoms with Crippen LogP contribution in [-0.4, -0.2) is 92.6 Å². The van der Waals surface area contributed by atoms with Crippen molar-refractivity contribution in [1.29, 1.82) is 0 Å². The van der Waals surface area contributed by atoms with Gasteiger partial charge >= 0.3 is 0 Å². The zero-order valence-electron chi connectivity index (χ0n) is 21.0. The normalized spacial score (nSPS) is 15.1. The molecule has 4 rings (SSSR count). The number of aromatic nitrogens is 5. The lowest BCUT2D eigenvalue weighted by molar-refractivity contribution is 0.108. The maximum Gasteiger partial charge on any atom is 0.222 e. The van der Waals surface area contributed by atoms with Gasteiger partial charge in [0.05, 0.1) is 26.0 Å². The molecule has 4 N–H and O–H groups in total. The highest BCUT2D eigenvalue weighted by molar-refractivity contribution is 5.88. The van der Waals surface area contributed by atoms with E-state index in [4.69, 9.17) is 25.7 Å². The lowest BCUT2D eigenvalue weighted by Crippen LogP contribution is -2.46. The molecule has 0 unspecified atom stereocenters. The highest BCUT2D eigenvalue weighted by Gasteiger charge is 2.20. The first-order chi connectivity index (χ1) is 17.0. The number of ether oxygens (including phenoxy) is 1. The molecular weight excluding hydrogens is 446 g/mol. The summed E-state index contributed by atoms with van der Waals surface area (Å²) in [7, 11) is 1.67. The molecule has 1 fully saturated rings. The van der Waals surface area contributed by atoms with E-state index in [1.165, 1.54) is 0 Å². The van der Waals surface area contributed by atoms with Gasteiger partial charge in [0.1, 0.15) is 22.5 Å². The fourth-order valence-corrected chi connectivity index (χ4v) is 4.48. The van der Waals surface area contributed by atoms with Crippen molar-refractivity contribution in [1.82, 2.24) is 34.5 Å². The molecule has 1 aliphatic heterocycles. The number of rotatable bonds is 11. The van der Waals surface area contributed by atoms with Crippen LogP contribution in [0.2, 0.25) is 0 Å². The van der Waals surface area contributed by atoms with Gasteiger partial charge in [0.15, 0.2) is 5.82 Å². The van der Waals surface area contributed by atoms with Crippen molar-refractivity contribution in [3.63, 3.8) is 0 Å². The molecule has 4 heterocycles. The van der Waals surface area contributed by atoms with E-state index in [0.717, 1.165) is 92.4 Å². The number of nitrogen functional groups attached to an aromatic ring is 1. The average molecular weight is 484 g/mol. The van der Waals surface area contributed by atoms with Crippen LogP contribution >= 0.6 is 0 Å². The smallest absolute Gasteiger partial charge is 0.222 e. The van der Waals surface area contributed by atoms with E-state index in [0.29, 0.717) is 12.4 Å². The third-order valence-corrected chi connectivity index (χ3v) is 6.39. The first-order valence-corrected chi connectivity index (χ1v) is 12.3. The molecule has 1 saturated heterocycles. The van der Waals surface area contributed by atoms with Crippen LogP contribution < -0.4 is 15.8 Å². The number of β-amino-alcohol motifs (C(OH)–C–C–N with tert-alkyl or cyclic N) is 1. The fraction of sp³-hybridized carbons (Fsp3) is 0.583. The number of hydrogen-bond acceptors (Lipinski definition) is 10. The van der Waals surface area contributed by atoms with Crippen molar-refractivity contribution in [3.8, 4) is 5.75 Å². The van der Waals surface area contributed by atoms with Crippen molar-refractivity contribution in [2.24, 2.45) is 0 Å². The topological polar surface area (TPSA) is 130 Å². The van der Waals surface area contributed by atoms with E-state index in [9.17, 15) is 0 Å². The van der Waals surface area contributed by atoms with Crippen molar-refractivity contribution in [2.45, 2.75) is 39.8 Å². The van der Waals surface area contributed by atoms with E-state index in [1.807, 2.05) is 17.8 Å². The molecule has 0 aromatic carbocycles. The van der Waals surface area contributed by atoms with Gasteiger partial charge in [-0.15, -0.1) is 0 Å². The Morgan fingerprint density at radius 2 is 1.91 bits per heavy atom. The Bertz CT molecular complexity index is 1130. The van der Waals surface area contributed by atoms with Gasteiger partial charge in [0, 0.05) is 52.0 Å². The molecule has 0 amide bonds. The second-order valence-corrected chi connectivity index (χ2v) is 8.98. The fourth-order valence-electron chi connectivity index (χ4n) is 4.48. The summed E-state index contributed by atoms with van der Waals surface area (Å²) in [5.41, 5.74) is 10.2. The molecule has 0 spiro atoms. The largest absolute Gasteiger partial charge is 0.495 e. The van der Waals surface area contributed by atoms with Gasteiger partial charge < -0.3 is 20.9 Å². The van der Waals surface area contributed by atoms with Crippen LogP contribution in [-0.2, 0) is 13.1 Å². The van der Waals surface area contributed by atoms with E-state index < -0.39 is 0 Å². The third-order valence-electron chi connectivity index (χ3n) is 6.39. The minimum Gasteiger partial charge on any atom is -0.495 e. The lowest BCUT2D eigenvalue weighted by atomic mass is 10.2. The first kappa shape index (κ1) is 25.1. The summed E-state index contributed by atoms with van der Waals surface area (Å²) in [5, 5.41) is 17.3. The minimum absolute atomic E-state index is 0.212. The Hall–Kier alpha value is -3.02. The third kappa shape index (κ3) is 5.98. The molecule has 0 bridgehead atoms.